The predicted octanol–water partition coefficient (Wildman–Crippen LogP) is -0.432. The second kappa shape index (κ2) is 8.49. The van der Waals surface area contributed by atoms with E-state index in [-0.39, 0.29) is 36.3 Å². The van der Waals surface area contributed by atoms with Crippen LogP contribution in [0.4, 0.5) is 0 Å². The Morgan fingerprint density at radius 3 is 2.30 bits per heavy atom. The number of amides is 2. The molecule has 0 aromatic heterocycles. The van der Waals surface area contributed by atoms with Gasteiger partial charge in [-0.05, 0) is 24.3 Å². The van der Waals surface area contributed by atoms with Crippen LogP contribution in [-0.4, -0.2) is 59.4 Å². The highest BCUT2D eigenvalue weighted by molar-refractivity contribution is 7.89. The molecular weight excluding hydrogens is 322 g/mol. The van der Waals surface area contributed by atoms with Crippen LogP contribution in [0.3, 0.4) is 0 Å². The van der Waals surface area contributed by atoms with Crippen molar-refractivity contribution < 1.29 is 22.7 Å². The summed E-state index contributed by atoms with van der Waals surface area (Å²) in [5.74, 6) is -0.0518. The largest absolute Gasteiger partial charge is 0.484 e. The Balaban J connectivity index is 2.61. The Morgan fingerprint density at radius 1 is 1.17 bits per heavy atom. The van der Waals surface area contributed by atoms with E-state index in [0.29, 0.717) is 5.75 Å². The van der Waals surface area contributed by atoms with Gasteiger partial charge in [-0.25, -0.2) is 13.1 Å². The number of sulfonamides is 1. The monoisotopic (exact) mass is 343 g/mol. The van der Waals surface area contributed by atoms with Crippen molar-refractivity contribution in [3.8, 4) is 5.75 Å². The van der Waals surface area contributed by atoms with Gasteiger partial charge in [0, 0.05) is 34.1 Å². The lowest BCUT2D eigenvalue weighted by molar-refractivity contribution is -0.130. The molecule has 1 aromatic carbocycles. The van der Waals surface area contributed by atoms with Crippen LogP contribution in [0.25, 0.3) is 0 Å². The molecule has 2 amide bonds. The van der Waals surface area contributed by atoms with Gasteiger partial charge < -0.3 is 15.0 Å². The van der Waals surface area contributed by atoms with Gasteiger partial charge in [-0.3, -0.25) is 9.59 Å². The Labute approximate surface area is 135 Å². The molecule has 9 heteroatoms. The number of nitrogens with one attached hydrogen (secondary N) is 2. The number of nitrogens with zero attached hydrogens (tertiary/aromatic N) is 1. The maximum Gasteiger partial charge on any atom is 0.259 e. The van der Waals surface area contributed by atoms with Gasteiger partial charge in [0.05, 0.1) is 4.90 Å². The molecule has 128 valence electrons. The zero-order valence-electron chi connectivity index (χ0n) is 13.3. The van der Waals surface area contributed by atoms with Crippen LogP contribution in [0.2, 0.25) is 0 Å². The molecule has 0 saturated carbocycles. The first-order valence-electron chi connectivity index (χ1n) is 6.89. The molecule has 0 unspecified atom stereocenters. The summed E-state index contributed by atoms with van der Waals surface area (Å²) < 4.78 is 31.6. The topological polar surface area (TPSA) is 105 Å². The molecule has 0 aliphatic rings. The molecule has 0 bridgehead atoms. The van der Waals surface area contributed by atoms with Crippen molar-refractivity contribution in [1.82, 2.24) is 14.9 Å². The minimum Gasteiger partial charge on any atom is -0.484 e. The molecule has 0 atom stereocenters. The van der Waals surface area contributed by atoms with E-state index >= 15 is 0 Å². The molecular formula is C14H21N3O5S. The van der Waals surface area contributed by atoms with Crippen LogP contribution in [0.5, 0.6) is 5.75 Å². The summed E-state index contributed by atoms with van der Waals surface area (Å²) in [6, 6.07) is 5.68. The number of rotatable bonds is 8. The van der Waals surface area contributed by atoms with Crippen molar-refractivity contribution >= 4 is 21.8 Å². The zero-order valence-corrected chi connectivity index (χ0v) is 14.1. The molecule has 1 aromatic rings. The van der Waals surface area contributed by atoms with Crippen molar-refractivity contribution in [2.24, 2.45) is 0 Å². The fourth-order valence-electron chi connectivity index (χ4n) is 1.50. The third-order valence-corrected chi connectivity index (χ3v) is 4.40. The second-order valence-electron chi connectivity index (χ2n) is 4.87. The fourth-order valence-corrected chi connectivity index (χ4v) is 2.53. The van der Waals surface area contributed by atoms with Crippen LogP contribution < -0.4 is 14.8 Å². The summed E-state index contributed by atoms with van der Waals surface area (Å²) >= 11 is 0. The van der Waals surface area contributed by atoms with Crippen molar-refractivity contribution in [3.05, 3.63) is 24.3 Å². The third-order valence-electron chi connectivity index (χ3n) is 2.92. The Kier molecular flexibility index (Phi) is 6.98. The van der Waals surface area contributed by atoms with Crippen molar-refractivity contribution in [2.45, 2.75) is 11.3 Å². The standard InChI is InChI=1S/C14H21N3O5S/c1-15-13(18)8-9-16-23(20,21)12-6-4-11(5-7-12)22-10-14(19)17(2)3/h4-7,16H,8-10H2,1-3H3,(H,15,18). The zero-order chi connectivity index (χ0) is 17.5. The van der Waals surface area contributed by atoms with E-state index in [0.717, 1.165) is 0 Å². The van der Waals surface area contributed by atoms with Gasteiger partial charge in [-0.1, -0.05) is 0 Å². The quantitative estimate of drug-likeness (QED) is 0.666. The van der Waals surface area contributed by atoms with Crippen LogP contribution in [-0.2, 0) is 19.6 Å². The van der Waals surface area contributed by atoms with Gasteiger partial charge in [-0.15, -0.1) is 0 Å². The minimum atomic E-state index is -3.69. The summed E-state index contributed by atoms with van der Waals surface area (Å²) in [7, 11) is 1.03. The summed E-state index contributed by atoms with van der Waals surface area (Å²) in [6.45, 7) is -0.110. The van der Waals surface area contributed by atoms with Gasteiger partial charge in [0.1, 0.15) is 5.75 Å². The maximum atomic E-state index is 12.0. The number of carbonyl (C=O) groups excluding carboxylic acids is 2. The third kappa shape index (κ3) is 6.25. The lowest BCUT2D eigenvalue weighted by Crippen LogP contribution is -2.29. The number of hydrogen-bond acceptors (Lipinski definition) is 5. The lowest BCUT2D eigenvalue weighted by Gasteiger charge is -2.11. The summed E-state index contributed by atoms with van der Waals surface area (Å²) in [5, 5.41) is 2.41. The number of benzene rings is 1. The Bertz CT molecular complexity index is 641. The van der Waals surface area contributed by atoms with Crippen molar-refractivity contribution in [2.75, 3.05) is 34.3 Å². The molecule has 0 aliphatic carbocycles. The molecule has 1 rings (SSSR count). The fraction of sp³-hybridized carbons (Fsp3) is 0.429. The average Bonchev–Trinajstić information content (AvgIpc) is 2.52. The summed E-state index contributed by atoms with van der Waals surface area (Å²) in [5.41, 5.74) is 0. The SMILES string of the molecule is CNC(=O)CCNS(=O)(=O)c1ccc(OCC(=O)N(C)C)cc1. The lowest BCUT2D eigenvalue weighted by atomic mass is 10.3. The van der Waals surface area contributed by atoms with Gasteiger partial charge >= 0.3 is 0 Å². The number of hydrogen-bond donors (Lipinski definition) is 2. The predicted molar refractivity (Wildman–Crippen MR) is 84.5 cm³/mol. The van der Waals surface area contributed by atoms with E-state index in [9.17, 15) is 18.0 Å². The number of ether oxygens (including phenoxy) is 1. The van der Waals surface area contributed by atoms with E-state index in [2.05, 4.69) is 10.0 Å². The molecule has 0 radical (unpaired) electrons. The summed E-state index contributed by atoms with van der Waals surface area (Å²) in [4.78, 5) is 23.9. The smallest absolute Gasteiger partial charge is 0.259 e. The van der Waals surface area contributed by atoms with Gasteiger partial charge in [0.25, 0.3) is 5.91 Å². The van der Waals surface area contributed by atoms with E-state index in [1.54, 1.807) is 14.1 Å². The van der Waals surface area contributed by atoms with E-state index in [1.807, 2.05) is 0 Å². The molecule has 23 heavy (non-hydrogen) atoms. The average molecular weight is 343 g/mol. The minimum absolute atomic E-state index is 0.0115. The Hall–Kier alpha value is -2.13. The van der Waals surface area contributed by atoms with Crippen molar-refractivity contribution in [1.29, 1.82) is 0 Å². The molecule has 0 saturated heterocycles. The second-order valence-corrected chi connectivity index (χ2v) is 6.64. The van der Waals surface area contributed by atoms with Crippen molar-refractivity contribution in [3.63, 3.8) is 0 Å². The number of carbonyl (C=O) groups is 2. The van der Waals surface area contributed by atoms with Gasteiger partial charge in [0.2, 0.25) is 15.9 Å². The summed E-state index contributed by atoms with van der Waals surface area (Å²) in [6.07, 6.45) is 0.0591. The first-order chi connectivity index (χ1) is 10.8. The highest BCUT2D eigenvalue weighted by Crippen LogP contribution is 2.15. The van der Waals surface area contributed by atoms with E-state index in [4.69, 9.17) is 4.74 Å². The van der Waals surface area contributed by atoms with Crippen LogP contribution in [0.15, 0.2) is 29.2 Å². The molecule has 0 aliphatic heterocycles. The first-order valence-corrected chi connectivity index (χ1v) is 8.38. The molecule has 8 nitrogen and oxygen atoms in total. The molecule has 0 spiro atoms. The highest BCUT2D eigenvalue weighted by atomic mass is 32.2. The van der Waals surface area contributed by atoms with Crippen LogP contribution in [0.1, 0.15) is 6.42 Å². The van der Waals surface area contributed by atoms with Gasteiger partial charge in [0.15, 0.2) is 6.61 Å². The maximum absolute atomic E-state index is 12.0. The Morgan fingerprint density at radius 2 is 1.78 bits per heavy atom. The van der Waals surface area contributed by atoms with E-state index < -0.39 is 10.0 Å². The first kappa shape index (κ1) is 18.9. The van der Waals surface area contributed by atoms with E-state index in [1.165, 1.54) is 36.2 Å². The number of likely N-dealkylation sites (N-methyl/N-ethyl adjacent to an activating group) is 1. The molecule has 0 heterocycles. The molecule has 2 N–H and O–H groups in total. The molecule has 0 fully saturated rings. The van der Waals surface area contributed by atoms with Crippen LogP contribution >= 0.6 is 0 Å². The normalized spacial score (nSPS) is 10.9. The highest BCUT2D eigenvalue weighted by Gasteiger charge is 2.14. The van der Waals surface area contributed by atoms with Gasteiger partial charge in [-0.2, -0.15) is 0 Å². The van der Waals surface area contributed by atoms with Crippen LogP contribution in [0, 0.1) is 0 Å².